The zero-order chi connectivity index (χ0) is 13.5. The number of hydrogen-bond donors (Lipinski definition) is 1. The molecular formula is C14H19N3S2. The summed E-state index contributed by atoms with van der Waals surface area (Å²) in [4.78, 5) is 1.26. The molecule has 1 aromatic carbocycles. The van der Waals surface area contributed by atoms with Gasteiger partial charge < -0.3 is 5.32 Å². The van der Waals surface area contributed by atoms with E-state index in [4.69, 9.17) is 0 Å². The van der Waals surface area contributed by atoms with E-state index in [9.17, 15) is 0 Å². The average molecular weight is 293 g/mol. The van der Waals surface area contributed by atoms with E-state index >= 15 is 0 Å². The SMILES string of the molecule is CCNCCCc1nnc(-c2ccccc2SC)s1. The van der Waals surface area contributed by atoms with Crippen LogP contribution in [0.5, 0.6) is 0 Å². The lowest BCUT2D eigenvalue weighted by molar-refractivity contribution is 0.669. The highest BCUT2D eigenvalue weighted by Crippen LogP contribution is 2.32. The summed E-state index contributed by atoms with van der Waals surface area (Å²) in [7, 11) is 0. The van der Waals surface area contributed by atoms with Gasteiger partial charge in [-0.15, -0.1) is 22.0 Å². The fourth-order valence-electron chi connectivity index (χ4n) is 1.83. The lowest BCUT2D eigenvalue weighted by Gasteiger charge is -2.02. The minimum Gasteiger partial charge on any atom is -0.317 e. The van der Waals surface area contributed by atoms with Gasteiger partial charge in [-0.2, -0.15) is 0 Å². The molecule has 0 unspecified atom stereocenters. The van der Waals surface area contributed by atoms with Crippen molar-refractivity contribution in [3.05, 3.63) is 29.3 Å². The maximum absolute atomic E-state index is 4.33. The van der Waals surface area contributed by atoms with Gasteiger partial charge in [0.05, 0.1) is 0 Å². The van der Waals surface area contributed by atoms with Gasteiger partial charge in [-0.1, -0.05) is 36.5 Å². The first-order valence-corrected chi connectivity index (χ1v) is 8.55. The van der Waals surface area contributed by atoms with Gasteiger partial charge in [-0.05, 0) is 31.8 Å². The molecule has 102 valence electrons. The molecule has 0 fully saturated rings. The second kappa shape index (κ2) is 7.62. The van der Waals surface area contributed by atoms with Crippen LogP contribution in [0.25, 0.3) is 10.6 Å². The number of thioether (sulfide) groups is 1. The molecule has 0 amide bonds. The summed E-state index contributed by atoms with van der Waals surface area (Å²) < 4.78 is 0. The first-order valence-electron chi connectivity index (χ1n) is 6.51. The Kier molecular flexibility index (Phi) is 5.82. The fourth-order valence-corrected chi connectivity index (χ4v) is 3.41. The van der Waals surface area contributed by atoms with E-state index in [1.165, 1.54) is 10.5 Å². The molecule has 1 heterocycles. The normalized spacial score (nSPS) is 10.8. The zero-order valence-electron chi connectivity index (χ0n) is 11.3. The Bertz CT molecular complexity index is 511. The highest BCUT2D eigenvalue weighted by atomic mass is 32.2. The summed E-state index contributed by atoms with van der Waals surface area (Å²) in [5.74, 6) is 0. The Labute approximate surface area is 122 Å². The van der Waals surface area contributed by atoms with Crippen LogP contribution < -0.4 is 5.32 Å². The molecular weight excluding hydrogens is 274 g/mol. The van der Waals surface area contributed by atoms with Crippen molar-refractivity contribution in [3.8, 4) is 10.6 Å². The van der Waals surface area contributed by atoms with Gasteiger partial charge in [0.1, 0.15) is 10.0 Å². The third-order valence-corrected chi connectivity index (χ3v) is 4.61. The molecule has 0 atom stereocenters. The first-order chi connectivity index (χ1) is 9.35. The molecule has 0 aliphatic rings. The number of hydrogen-bond acceptors (Lipinski definition) is 5. The number of nitrogens with one attached hydrogen (secondary N) is 1. The molecule has 5 heteroatoms. The van der Waals surface area contributed by atoms with E-state index in [0.29, 0.717) is 0 Å². The Morgan fingerprint density at radius 3 is 2.89 bits per heavy atom. The second-order valence-electron chi connectivity index (χ2n) is 4.16. The summed E-state index contributed by atoms with van der Waals surface area (Å²) in [5.41, 5.74) is 1.20. The number of aromatic nitrogens is 2. The van der Waals surface area contributed by atoms with Crippen LogP contribution in [-0.2, 0) is 6.42 Å². The predicted molar refractivity (Wildman–Crippen MR) is 84.0 cm³/mol. The van der Waals surface area contributed by atoms with E-state index in [2.05, 4.69) is 53.0 Å². The highest BCUT2D eigenvalue weighted by molar-refractivity contribution is 7.98. The minimum atomic E-state index is 1.01. The summed E-state index contributed by atoms with van der Waals surface area (Å²) >= 11 is 3.46. The molecule has 2 aromatic rings. The van der Waals surface area contributed by atoms with Crippen LogP contribution in [0.3, 0.4) is 0 Å². The van der Waals surface area contributed by atoms with Crippen molar-refractivity contribution in [2.75, 3.05) is 19.3 Å². The maximum Gasteiger partial charge on any atom is 0.148 e. The largest absolute Gasteiger partial charge is 0.317 e. The molecule has 0 aliphatic heterocycles. The van der Waals surface area contributed by atoms with Crippen molar-refractivity contribution in [3.63, 3.8) is 0 Å². The Balaban J connectivity index is 2.04. The molecule has 0 spiro atoms. The molecule has 1 N–H and O–H groups in total. The van der Waals surface area contributed by atoms with Crippen LogP contribution >= 0.6 is 23.1 Å². The number of nitrogens with zero attached hydrogens (tertiary/aromatic N) is 2. The van der Waals surface area contributed by atoms with Crippen molar-refractivity contribution in [2.45, 2.75) is 24.7 Å². The molecule has 0 bridgehead atoms. The molecule has 1 aromatic heterocycles. The second-order valence-corrected chi connectivity index (χ2v) is 6.07. The zero-order valence-corrected chi connectivity index (χ0v) is 13.0. The van der Waals surface area contributed by atoms with Gasteiger partial charge in [-0.25, -0.2) is 0 Å². The minimum absolute atomic E-state index is 1.01. The number of rotatable bonds is 7. The van der Waals surface area contributed by atoms with Crippen molar-refractivity contribution in [1.29, 1.82) is 0 Å². The highest BCUT2D eigenvalue weighted by Gasteiger charge is 2.09. The average Bonchev–Trinajstić information content (AvgIpc) is 2.92. The van der Waals surface area contributed by atoms with E-state index in [-0.39, 0.29) is 0 Å². The van der Waals surface area contributed by atoms with Crippen LogP contribution in [0.15, 0.2) is 29.2 Å². The standard InChI is InChI=1S/C14H19N3S2/c1-3-15-10-6-9-13-16-17-14(19-13)11-7-4-5-8-12(11)18-2/h4-5,7-8,15H,3,6,9-10H2,1-2H3. The molecule has 0 saturated carbocycles. The van der Waals surface area contributed by atoms with Crippen LogP contribution in [-0.4, -0.2) is 29.5 Å². The Morgan fingerprint density at radius 2 is 2.11 bits per heavy atom. The molecule has 0 radical (unpaired) electrons. The molecule has 3 nitrogen and oxygen atoms in total. The fraction of sp³-hybridized carbons (Fsp3) is 0.429. The maximum atomic E-state index is 4.33. The Hall–Kier alpha value is -0.910. The predicted octanol–water partition coefficient (Wildman–Crippen LogP) is 3.47. The van der Waals surface area contributed by atoms with Crippen molar-refractivity contribution in [2.24, 2.45) is 0 Å². The Morgan fingerprint density at radius 1 is 1.26 bits per heavy atom. The summed E-state index contributed by atoms with van der Waals surface area (Å²) in [6.45, 7) is 4.21. The van der Waals surface area contributed by atoms with Crippen molar-refractivity contribution >= 4 is 23.1 Å². The third kappa shape index (κ3) is 4.03. The first kappa shape index (κ1) is 14.5. The van der Waals surface area contributed by atoms with Crippen LogP contribution in [0.4, 0.5) is 0 Å². The van der Waals surface area contributed by atoms with Gasteiger partial charge in [0, 0.05) is 16.9 Å². The molecule has 0 aliphatic carbocycles. The van der Waals surface area contributed by atoms with Crippen LogP contribution in [0.2, 0.25) is 0 Å². The number of benzene rings is 1. The van der Waals surface area contributed by atoms with E-state index in [0.717, 1.165) is 35.9 Å². The quantitative estimate of drug-likeness (QED) is 0.626. The lowest BCUT2D eigenvalue weighted by atomic mass is 10.2. The van der Waals surface area contributed by atoms with E-state index < -0.39 is 0 Å². The third-order valence-electron chi connectivity index (χ3n) is 2.80. The smallest absolute Gasteiger partial charge is 0.148 e. The molecule has 0 saturated heterocycles. The van der Waals surface area contributed by atoms with Crippen LogP contribution in [0, 0.1) is 0 Å². The van der Waals surface area contributed by atoms with Crippen molar-refractivity contribution in [1.82, 2.24) is 15.5 Å². The van der Waals surface area contributed by atoms with Gasteiger partial charge in [-0.3, -0.25) is 0 Å². The van der Waals surface area contributed by atoms with Gasteiger partial charge in [0.25, 0.3) is 0 Å². The topological polar surface area (TPSA) is 37.8 Å². The summed E-state index contributed by atoms with van der Waals surface area (Å²) in [6, 6.07) is 8.37. The number of aryl methyl sites for hydroxylation is 1. The monoisotopic (exact) mass is 293 g/mol. The van der Waals surface area contributed by atoms with E-state index in [1.54, 1.807) is 23.1 Å². The molecule has 19 heavy (non-hydrogen) atoms. The summed E-state index contributed by atoms with van der Waals surface area (Å²) in [6.07, 6.45) is 4.22. The van der Waals surface area contributed by atoms with Gasteiger partial charge >= 0.3 is 0 Å². The lowest BCUT2D eigenvalue weighted by Crippen LogP contribution is -2.14. The summed E-state index contributed by atoms with van der Waals surface area (Å²) in [5, 5.41) is 14.1. The van der Waals surface area contributed by atoms with Gasteiger partial charge in [0.2, 0.25) is 0 Å². The van der Waals surface area contributed by atoms with Crippen LogP contribution in [0.1, 0.15) is 18.4 Å². The van der Waals surface area contributed by atoms with Crippen molar-refractivity contribution < 1.29 is 0 Å². The molecule has 2 rings (SSSR count). The van der Waals surface area contributed by atoms with Gasteiger partial charge in [0.15, 0.2) is 0 Å². The van der Waals surface area contributed by atoms with E-state index in [1.807, 2.05) is 0 Å².